The third-order valence-electron chi connectivity index (χ3n) is 11.3. The van der Waals surface area contributed by atoms with Crippen LogP contribution in [0.2, 0.25) is 0 Å². The number of aromatic nitrogens is 5. The number of hydrogen-bond acceptors (Lipinski definition) is 3. The summed E-state index contributed by atoms with van der Waals surface area (Å²) in [6.07, 6.45) is 0. The molecule has 0 radical (unpaired) electrons. The van der Waals surface area contributed by atoms with Crippen LogP contribution in [-0.2, 0) is 0 Å². The van der Waals surface area contributed by atoms with Crippen molar-refractivity contribution in [2.24, 2.45) is 0 Å². The maximum Gasteiger partial charge on any atom is 0.238 e. The molecule has 0 fully saturated rings. The summed E-state index contributed by atoms with van der Waals surface area (Å²) in [4.78, 5) is 15.6. The Morgan fingerprint density at radius 1 is 0.286 bits per heavy atom. The summed E-state index contributed by atoms with van der Waals surface area (Å²) in [6.45, 7) is 0. The lowest BCUT2D eigenvalue weighted by atomic mass is 9.94. The Balaban J connectivity index is 1.24. The Morgan fingerprint density at radius 2 is 0.679 bits per heavy atom. The topological polar surface area (TPSA) is 48.5 Å². The first-order valence-electron chi connectivity index (χ1n) is 19.0. The SMILES string of the molecule is c1ccc(-c2nc(-c3ccccc3)nc(-n3c4ccccc4c4ccc5c6ccccc6n(-c6ccc7c8ccccc8c8ccccc8c7c6)c5c43)n2)cc1. The molecule has 3 heterocycles. The van der Waals surface area contributed by atoms with Gasteiger partial charge in [-0.05, 0) is 56.6 Å². The highest BCUT2D eigenvalue weighted by molar-refractivity contribution is 6.27. The van der Waals surface area contributed by atoms with Crippen LogP contribution < -0.4 is 0 Å². The molecule has 0 aliphatic carbocycles. The molecule has 0 aliphatic rings. The first kappa shape index (κ1) is 30.8. The third-order valence-corrected chi connectivity index (χ3v) is 11.3. The number of fused-ring (bicyclic) bond motifs is 13. The summed E-state index contributed by atoms with van der Waals surface area (Å²) in [7, 11) is 0. The highest BCUT2D eigenvalue weighted by atomic mass is 15.2. The van der Waals surface area contributed by atoms with Gasteiger partial charge in [-0.2, -0.15) is 9.97 Å². The predicted molar refractivity (Wildman–Crippen MR) is 232 cm³/mol. The van der Waals surface area contributed by atoms with Gasteiger partial charge in [-0.25, -0.2) is 4.98 Å². The van der Waals surface area contributed by atoms with Crippen LogP contribution in [0.15, 0.2) is 188 Å². The highest BCUT2D eigenvalue weighted by Gasteiger charge is 2.24. The van der Waals surface area contributed by atoms with E-state index in [-0.39, 0.29) is 0 Å². The van der Waals surface area contributed by atoms with Gasteiger partial charge >= 0.3 is 0 Å². The minimum absolute atomic E-state index is 0.573. The molecule has 12 aromatic rings. The summed E-state index contributed by atoms with van der Waals surface area (Å²) >= 11 is 0. The van der Waals surface area contributed by atoms with E-state index >= 15 is 0 Å². The van der Waals surface area contributed by atoms with E-state index in [1.807, 2.05) is 36.4 Å². The summed E-state index contributed by atoms with van der Waals surface area (Å²) in [6, 6.07) is 66.8. The normalized spacial score (nSPS) is 11.9. The number of nitrogens with zero attached hydrogens (tertiary/aromatic N) is 5. The number of para-hydroxylation sites is 2. The standard InChI is InChI=1S/C51H31N5/c1-3-15-32(16-4-1)49-52-50(33-17-5-2-6-18-33)54-51(53-49)56-46-26-14-12-24-41(46)43-30-29-42-40-23-11-13-25-45(40)55(47(42)48(43)56)34-27-28-39-37-21-8-7-19-35(37)36-20-9-10-22-38(36)44(39)31-34/h1-31H. The zero-order chi connectivity index (χ0) is 36.7. The van der Waals surface area contributed by atoms with E-state index in [2.05, 4.69) is 161 Å². The van der Waals surface area contributed by atoms with Crippen molar-refractivity contribution in [3.05, 3.63) is 188 Å². The van der Waals surface area contributed by atoms with Crippen molar-refractivity contribution in [2.75, 3.05) is 0 Å². The fourth-order valence-corrected chi connectivity index (χ4v) is 8.91. The molecule has 0 saturated heterocycles. The van der Waals surface area contributed by atoms with Gasteiger partial charge in [0.25, 0.3) is 0 Å². The van der Waals surface area contributed by atoms with Crippen LogP contribution in [0, 0.1) is 0 Å². The molecule has 0 bridgehead atoms. The molecule has 0 atom stereocenters. The second kappa shape index (κ2) is 11.9. The lowest BCUT2D eigenvalue weighted by Crippen LogP contribution is -2.07. The van der Waals surface area contributed by atoms with E-state index in [0.29, 0.717) is 17.6 Å². The van der Waals surface area contributed by atoms with Gasteiger partial charge in [0.15, 0.2) is 11.6 Å². The molecule has 260 valence electrons. The molecule has 0 aliphatic heterocycles. The van der Waals surface area contributed by atoms with E-state index in [1.54, 1.807) is 0 Å². The predicted octanol–water partition coefficient (Wildman–Crippen LogP) is 12.9. The van der Waals surface area contributed by atoms with Crippen LogP contribution in [0.5, 0.6) is 0 Å². The smallest absolute Gasteiger partial charge is 0.238 e. The fourth-order valence-electron chi connectivity index (χ4n) is 8.91. The Hall–Kier alpha value is -7.63. The average molecular weight is 714 g/mol. The van der Waals surface area contributed by atoms with Crippen LogP contribution in [0.3, 0.4) is 0 Å². The number of benzene rings is 9. The summed E-state index contributed by atoms with van der Waals surface area (Å²) in [5.74, 6) is 1.83. The van der Waals surface area contributed by atoms with Gasteiger partial charge in [-0.3, -0.25) is 4.57 Å². The zero-order valence-electron chi connectivity index (χ0n) is 30.1. The van der Waals surface area contributed by atoms with E-state index in [4.69, 9.17) is 15.0 Å². The Morgan fingerprint density at radius 3 is 1.21 bits per heavy atom. The Labute approximate surface area is 321 Å². The van der Waals surface area contributed by atoms with Crippen molar-refractivity contribution >= 4 is 75.9 Å². The molecule has 0 amide bonds. The number of hydrogen-bond donors (Lipinski definition) is 0. The van der Waals surface area contributed by atoms with Gasteiger partial charge in [0.05, 0.1) is 22.1 Å². The lowest BCUT2D eigenvalue weighted by molar-refractivity contribution is 0.953. The first-order chi connectivity index (χ1) is 27.8. The van der Waals surface area contributed by atoms with Crippen LogP contribution >= 0.6 is 0 Å². The molecule has 5 nitrogen and oxygen atoms in total. The van der Waals surface area contributed by atoms with Gasteiger partial charge in [0.2, 0.25) is 5.95 Å². The van der Waals surface area contributed by atoms with Crippen molar-refractivity contribution in [1.82, 2.24) is 24.1 Å². The fraction of sp³-hybridized carbons (Fsp3) is 0. The van der Waals surface area contributed by atoms with Crippen molar-refractivity contribution in [3.63, 3.8) is 0 Å². The molecule has 0 unspecified atom stereocenters. The molecule has 12 rings (SSSR count). The zero-order valence-corrected chi connectivity index (χ0v) is 30.1. The number of rotatable bonds is 4. The van der Waals surface area contributed by atoms with Gasteiger partial charge in [-0.15, -0.1) is 0 Å². The summed E-state index contributed by atoms with van der Waals surface area (Å²) < 4.78 is 4.70. The van der Waals surface area contributed by atoms with Crippen LogP contribution in [0.1, 0.15) is 0 Å². The monoisotopic (exact) mass is 713 g/mol. The molecular weight excluding hydrogens is 683 g/mol. The van der Waals surface area contributed by atoms with Crippen LogP contribution in [0.25, 0.3) is 110 Å². The maximum atomic E-state index is 5.27. The largest absolute Gasteiger partial charge is 0.307 e. The maximum absolute atomic E-state index is 5.27. The summed E-state index contributed by atoms with van der Waals surface area (Å²) in [5.41, 5.74) is 7.29. The minimum atomic E-state index is 0.573. The molecule has 0 spiro atoms. The third kappa shape index (κ3) is 4.46. The molecule has 0 saturated carbocycles. The molecule has 5 heteroatoms. The average Bonchev–Trinajstić information content (AvgIpc) is 3.80. The van der Waals surface area contributed by atoms with Crippen molar-refractivity contribution in [1.29, 1.82) is 0 Å². The molecule has 9 aromatic carbocycles. The second-order valence-electron chi connectivity index (χ2n) is 14.4. The van der Waals surface area contributed by atoms with Gasteiger partial charge < -0.3 is 4.57 Å². The van der Waals surface area contributed by atoms with Crippen LogP contribution in [0.4, 0.5) is 0 Å². The van der Waals surface area contributed by atoms with E-state index in [1.165, 1.54) is 43.1 Å². The lowest BCUT2D eigenvalue weighted by Gasteiger charge is -2.15. The molecule has 56 heavy (non-hydrogen) atoms. The van der Waals surface area contributed by atoms with Gasteiger partial charge in [0, 0.05) is 38.4 Å². The van der Waals surface area contributed by atoms with Crippen molar-refractivity contribution < 1.29 is 0 Å². The van der Waals surface area contributed by atoms with Gasteiger partial charge in [-0.1, -0.05) is 164 Å². The quantitative estimate of drug-likeness (QED) is 0.171. The summed E-state index contributed by atoms with van der Waals surface area (Å²) in [5, 5.41) is 12.1. The molecular formula is C51H31N5. The van der Waals surface area contributed by atoms with Crippen LogP contribution in [-0.4, -0.2) is 24.1 Å². The minimum Gasteiger partial charge on any atom is -0.307 e. The Bertz CT molecular complexity index is 3430. The van der Waals surface area contributed by atoms with E-state index in [9.17, 15) is 0 Å². The van der Waals surface area contributed by atoms with Crippen molar-refractivity contribution in [3.8, 4) is 34.4 Å². The van der Waals surface area contributed by atoms with E-state index in [0.717, 1.165) is 49.7 Å². The molecule has 3 aromatic heterocycles. The Kier molecular flexibility index (Phi) is 6.56. The van der Waals surface area contributed by atoms with Crippen molar-refractivity contribution in [2.45, 2.75) is 0 Å². The highest BCUT2D eigenvalue weighted by Crippen LogP contribution is 2.43. The molecule has 0 N–H and O–H groups in total. The van der Waals surface area contributed by atoms with Gasteiger partial charge in [0.1, 0.15) is 0 Å². The first-order valence-corrected chi connectivity index (χ1v) is 19.0. The second-order valence-corrected chi connectivity index (χ2v) is 14.4. The van der Waals surface area contributed by atoms with E-state index < -0.39 is 0 Å².